The largest absolute Gasteiger partial charge is 0.474 e. The lowest BCUT2D eigenvalue weighted by Crippen LogP contribution is -2.20. The average molecular weight is 251 g/mol. The average Bonchev–Trinajstić information content (AvgIpc) is 2.40. The molecule has 1 heterocycles. The van der Waals surface area contributed by atoms with Gasteiger partial charge in [-0.3, -0.25) is 0 Å². The van der Waals surface area contributed by atoms with Gasteiger partial charge in [0.25, 0.3) is 0 Å². The quantitative estimate of drug-likeness (QED) is 0.870. The summed E-state index contributed by atoms with van der Waals surface area (Å²) in [5.74, 6) is 2.06. The minimum atomic E-state index is 0.300. The van der Waals surface area contributed by atoms with Gasteiger partial charge in [-0.25, -0.2) is 4.98 Å². The normalized spacial score (nSPS) is 16.6. The van der Waals surface area contributed by atoms with Crippen LogP contribution >= 0.6 is 0 Å². The van der Waals surface area contributed by atoms with Crippen LogP contribution in [0.3, 0.4) is 0 Å². The Balaban J connectivity index is 2.07. The van der Waals surface area contributed by atoms with Gasteiger partial charge in [-0.2, -0.15) is 4.98 Å². The fourth-order valence-corrected chi connectivity index (χ4v) is 2.21. The molecular weight excluding hydrogens is 230 g/mol. The van der Waals surface area contributed by atoms with Crippen LogP contribution in [0.25, 0.3) is 0 Å². The molecule has 18 heavy (non-hydrogen) atoms. The van der Waals surface area contributed by atoms with E-state index < -0.39 is 0 Å². The van der Waals surface area contributed by atoms with E-state index in [9.17, 15) is 0 Å². The van der Waals surface area contributed by atoms with Crippen molar-refractivity contribution in [3.63, 3.8) is 0 Å². The Morgan fingerprint density at radius 1 is 1.28 bits per heavy atom. The first kappa shape index (κ1) is 13.1. The number of ether oxygens (including phenoxy) is 2. The number of anilines is 1. The molecule has 2 rings (SSSR count). The molecule has 100 valence electrons. The fraction of sp³-hybridized carbons (Fsp3) is 0.692. The zero-order chi connectivity index (χ0) is 12.8. The molecule has 0 amide bonds. The van der Waals surface area contributed by atoms with E-state index >= 15 is 0 Å². The van der Waals surface area contributed by atoms with E-state index in [2.05, 4.69) is 15.3 Å². The monoisotopic (exact) mass is 251 g/mol. The van der Waals surface area contributed by atoms with E-state index in [0.29, 0.717) is 24.4 Å². The molecule has 0 aliphatic heterocycles. The lowest BCUT2D eigenvalue weighted by Gasteiger charge is -2.22. The Hall–Kier alpha value is -1.36. The number of hydrogen-bond acceptors (Lipinski definition) is 5. The summed E-state index contributed by atoms with van der Waals surface area (Å²) in [6, 6.07) is 1.84. The fourth-order valence-electron chi connectivity index (χ4n) is 2.21. The molecule has 0 unspecified atom stereocenters. The molecule has 5 nitrogen and oxygen atoms in total. The standard InChI is InChI=1S/C13H21N3O2/c1-14-11-8-13(16-12(15-11)9-17-2)18-10-6-4-3-5-7-10/h8,10H,3-7,9H2,1-2H3,(H,14,15,16). The van der Waals surface area contributed by atoms with Gasteiger partial charge in [-0.1, -0.05) is 6.42 Å². The zero-order valence-corrected chi connectivity index (χ0v) is 11.1. The first-order chi connectivity index (χ1) is 8.81. The van der Waals surface area contributed by atoms with Gasteiger partial charge in [0.15, 0.2) is 5.82 Å². The van der Waals surface area contributed by atoms with Crippen LogP contribution in [0.5, 0.6) is 5.88 Å². The number of rotatable bonds is 5. The highest BCUT2D eigenvalue weighted by Gasteiger charge is 2.16. The maximum Gasteiger partial charge on any atom is 0.219 e. The van der Waals surface area contributed by atoms with E-state index in [1.165, 1.54) is 19.3 Å². The van der Waals surface area contributed by atoms with Crippen molar-refractivity contribution in [1.82, 2.24) is 9.97 Å². The Labute approximate surface area is 108 Å². The summed E-state index contributed by atoms with van der Waals surface area (Å²) in [6.07, 6.45) is 6.37. The van der Waals surface area contributed by atoms with Crippen LogP contribution < -0.4 is 10.1 Å². The van der Waals surface area contributed by atoms with Gasteiger partial charge in [0.2, 0.25) is 5.88 Å². The summed E-state index contributed by atoms with van der Waals surface area (Å²) < 4.78 is 11.0. The molecule has 0 saturated heterocycles. The molecule has 0 atom stereocenters. The molecule has 0 radical (unpaired) electrons. The van der Waals surface area contributed by atoms with Crippen molar-refractivity contribution in [2.75, 3.05) is 19.5 Å². The topological polar surface area (TPSA) is 56.3 Å². The van der Waals surface area contributed by atoms with Crippen LogP contribution in [0.4, 0.5) is 5.82 Å². The van der Waals surface area contributed by atoms with Crippen molar-refractivity contribution in [3.8, 4) is 5.88 Å². The van der Waals surface area contributed by atoms with Gasteiger partial charge in [-0.15, -0.1) is 0 Å². The molecule has 1 fully saturated rings. The molecule has 0 spiro atoms. The second kappa shape index (κ2) is 6.54. The first-order valence-corrected chi connectivity index (χ1v) is 6.53. The highest BCUT2D eigenvalue weighted by Crippen LogP contribution is 2.23. The molecule has 1 aromatic rings. The van der Waals surface area contributed by atoms with Crippen LogP contribution in [0.2, 0.25) is 0 Å². The van der Waals surface area contributed by atoms with Crippen molar-refractivity contribution >= 4 is 5.82 Å². The first-order valence-electron chi connectivity index (χ1n) is 6.53. The number of nitrogens with zero attached hydrogens (tertiary/aromatic N) is 2. The van der Waals surface area contributed by atoms with E-state index in [0.717, 1.165) is 18.7 Å². The highest BCUT2D eigenvalue weighted by molar-refractivity contribution is 5.37. The van der Waals surface area contributed by atoms with E-state index in [1.807, 2.05) is 13.1 Å². The molecule has 5 heteroatoms. The smallest absolute Gasteiger partial charge is 0.219 e. The Bertz CT molecular complexity index is 378. The summed E-state index contributed by atoms with van der Waals surface area (Å²) in [5.41, 5.74) is 0. The van der Waals surface area contributed by atoms with Gasteiger partial charge in [0.1, 0.15) is 18.5 Å². The molecule has 0 bridgehead atoms. The van der Waals surface area contributed by atoms with Gasteiger partial charge in [0.05, 0.1) is 0 Å². The van der Waals surface area contributed by atoms with Crippen molar-refractivity contribution in [2.24, 2.45) is 0 Å². The number of hydrogen-bond donors (Lipinski definition) is 1. The second-order valence-corrected chi connectivity index (χ2v) is 4.57. The van der Waals surface area contributed by atoms with Crippen LogP contribution in [0.15, 0.2) is 6.07 Å². The van der Waals surface area contributed by atoms with Gasteiger partial charge < -0.3 is 14.8 Å². The highest BCUT2D eigenvalue weighted by atomic mass is 16.5. The molecule has 1 aliphatic rings. The van der Waals surface area contributed by atoms with Crippen LogP contribution in [0, 0.1) is 0 Å². The van der Waals surface area contributed by atoms with E-state index in [1.54, 1.807) is 7.11 Å². The number of aromatic nitrogens is 2. The Morgan fingerprint density at radius 3 is 2.72 bits per heavy atom. The third kappa shape index (κ3) is 3.57. The number of methoxy groups -OCH3 is 1. The van der Waals surface area contributed by atoms with Gasteiger partial charge >= 0.3 is 0 Å². The van der Waals surface area contributed by atoms with Crippen molar-refractivity contribution in [3.05, 3.63) is 11.9 Å². The van der Waals surface area contributed by atoms with Crippen LogP contribution in [-0.4, -0.2) is 30.2 Å². The Kier molecular flexibility index (Phi) is 4.75. The summed E-state index contributed by atoms with van der Waals surface area (Å²) >= 11 is 0. The summed E-state index contributed by atoms with van der Waals surface area (Å²) in [5, 5.41) is 3.02. The van der Waals surface area contributed by atoms with Crippen LogP contribution in [-0.2, 0) is 11.3 Å². The number of nitrogens with one attached hydrogen (secondary N) is 1. The SMILES string of the molecule is CNc1cc(OC2CCCCC2)nc(COC)n1. The maximum atomic E-state index is 5.94. The molecule has 1 aliphatic carbocycles. The predicted molar refractivity (Wildman–Crippen MR) is 69.8 cm³/mol. The Morgan fingerprint density at radius 2 is 2.06 bits per heavy atom. The molecule has 0 aromatic carbocycles. The third-order valence-electron chi connectivity index (χ3n) is 3.12. The molecule has 1 aromatic heterocycles. The lowest BCUT2D eigenvalue weighted by atomic mass is 9.98. The summed E-state index contributed by atoms with van der Waals surface area (Å²) in [4.78, 5) is 8.67. The van der Waals surface area contributed by atoms with Crippen molar-refractivity contribution < 1.29 is 9.47 Å². The van der Waals surface area contributed by atoms with E-state index in [4.69, 9.17) is 9.47 Å². The minimum Gasteiger partial charge on any atom is -0.474 e. The molecule has 1 saturated carbocycles. The van der Waals surface area contributed by atoms with E-state index in [-0.39, 0.29) is 0 Å². The third-order valence-corrected chi connectivity index (χ3v) is 3.12. The lowest BCUT2D eigenvalue weighted by molar-refractivity contribution is 0.144. The predicted octanol–water partition coefficient (Wildman–Crippen LogP) is 2.38. The van der Waals surface area contributed by atoms with Crippen molar-refractivity contribution in [1.29, 1.82) is 0 Å². The molecular formula is C13H21N3O2. The zero-order valence-electron chi connectivity index (χ0n) is 11.1. The van der Waals surface area contributed by atoms with Crippen molar-refractivity contribution in [2.45, 2.75) is 44.8 Å². The summed E-state index contributed by atoms with van der Waals surface area (Å²) in [6.45, 7) is 0.399. The minimum absolute atomic E-state index is 0.300. The van der Waals surface area contributed by atoms with Gasteiger partial charge in [-0.05, 0) is 25.7 Å². The van der Waals surface area contributed by atoms with Gasteiger partial charge in [0, 0.05) is 20.2 Å². The maximum absolute atomic E-state index is 5.94. The molecule has 1 N–H and O–H groups in total. The van der Waals surface area contributed by atoms with Crippen LogP contribution in [0.1, 0.15) is 37.9 Å². The summed E-state index contributed by atoms with van der Waals surface area (Å²) in [7, 11) is 3.47. The second-order valence-electron chi connectivity index (χ2n) is 4.57.